The van der Waals surface area contributed by atoms with E-state index in [1.807, 2.05) is 16.8 Å². The second kappa shape index (κ2) is 9.01. The molecule has 0 radical (unpaired) electrons. The lowest BCUT2D eigenvalue weighted by atomic mass is 9.88. The Bertz CT molecular complexity index is 709. The van der Waals surface area contributed by atoms with Crippen molar-refractivity contribution in [3.8, 4) is 0 Å². The minimum Gasteiger partial charge on any atom is -0.475 e. The number of halogens is 3. The van der Waals surface area contributed by atoms with Crippen LogP contribution in [0.4, 0.5) is 13.2 Å². The molecule has 1 aromatic heterocycles. The first kappa shape index (κ1) is 22.0. The zero-order chi connectivity index (χ0) is 21.1. The fourth-order valence-corrected chi connectivity index (χ4v) is 4.67. The van der Waals surface area contributed by atoms with Crippen LogP contribution in [0.5, 0.6) is 0 Å². The summed E-state index contributed by atoms with van der Waals surface area (Å²) in [6, 6.07) is 2.94. The van der Waals surface area contributed by atoms with Crippen LogP contribution in [0.2, 0.25) is 0 Å². The van der Waals surface area contributed by atoms with Gasteiger partial charge >= 0.3 is 12.1 Å². The van der Waals surface area contributed by atoms with Crippen LogP contribution in [-0.4, -0.2) is 65.4 Å². The Morgan fingerprint density at radius 2 is 2.03 bits per heavy atom. The number of nitrogens with one attached hydrogen (secondary N) is 1. The SMILES string of the molecule is O=C(N[C@@H]1CCO[C@]2(CCN(C3CCC3)C2)C1)c1ccsc1.O=C(O)C(F)(F)F. The van der Waals surface area contributed by atoms with Crippen molar-refractivity contribution in [1.82, 2.24) is 10.2 Å². The van der Waals surface area contributed by atoms with Crippen molar-refractivity contribution in [3.63, 3.8) is 0 Å². The van der Waals surface area contributed by atoms with Gasteiger partial charge in [0.1, 0.15) is 0 Å². The molecule has 0 unspecified atom stereocenters. The summed E-state index contributed by atoms with van der Waals surface area (Å²) in [5.74, 6) is -2.69. The Morgan fingerprint density at radius 3 is 2.59 bits per heavy atom. The first-order valence-electron chi connectivity index (χ1n) is 9.70. The number of ether oxygens (including phenoxy) is 1. The molecular formula is C19H25F3N2O4S. The largest absolute Gasteiger partial charge is 0.490 e. The maximum Gasteiger partial charge on any atom is 0.490 e. The van der Waals surface area contributed by atoms with E-state index in [-0.39, 0.29) is 17.6 Å². The lowest BCUT2D eigenvalue weighted by Crippen LogP contribution is -2.51. The summed E-state index contributed by atoms with van der Waals surface area (Å²) in [7, 11) is 0. The number of carboxylic acid groups (broad SMARTS) is 1. The third kappa shape index (κ3) is 5.70. The molecule has 3 aliphatic rings. The van der Waals surface area contributed by atoms with Crippen LogP contribution in [0, 0.1) is 0 Å². The Hall–Kier alpha value is -1.65. The number of carboxylic acids is 1. The summed E-state index contributed by atoms with van der Waals surface area (Å²) < 4.78 is 37.9. The molecule has 0 aromatic carbocycles. The van der Waals surface area contributed by atoms with E-state index in [1.54, 1.807) is 11.3 Å². The molecule has 2 aliphatic heterocycles. The molecular weight excluding hydrogens is 409 g/mol. The van der Waals surface area contributed by atoms with Gasteiger partial charge < -0.3 is 15.2 Å². The van der Waals surface area contributed by atoms with Crippen LogP contribution in [0.25, 0.3) is 0 Å². The summed E-state index contributed by atoms with van der Waals surface area (Å²) >= 11 is 1.57. The van der Waals surface area contributed by atoms with Gasteiger partial charge in [0.2, 0.25) is 0 Å². The lowest BCUT2D eigenvalue weighted by molar-refractivity contribution is -0.192. The van der Waals surface area contributed by atoms with E-state index < -0.39 is 12.1 Å². The van der Waals surface area contributed by atoms with Crippen LogP contribution < -0.4 is 5.32 Å². The Kier molecular flexibility index (Phi) is 6.85. The summed E-state index contributed by atoms with van der Waals surface area (Å²) in [4.78, 5) is 23.8. The Labute approximate surface area is 171 Å². The van der Waals surface area contributed by atoms with Crippen LogP contribution in [0.1, 0.15) is 48.9 Å². The molecule has 3 fully saturated rings. The van der Waals surface area contributed by atoms with E-state index in [1.165, 1.54) is 19.3 Å². The van der Waals surface area contributed by atoms with Gasteiger partial charge in [-0.25, -0.2) is 4.79 Å². The molecule has 3 heterocycles. The predicted molar refractivity (Wildman–Crippen MR) is 101 cm³/mol. The van der Waals surface area contributed by atoms with Gasteiger partial charge in [-0.05, 0) is 43.6 Å². The number of alkyl halides is 3. The second-order valence-corrected chi connectivity index (χ2v) is 8.59. The van der Waals surface area contributed by atoms with Gasteiger partial charge in [0.15, 0.2) is 0 Å². The molecule has 2 saturated heterocycles. The first-order chi connectivity index (χ1) is 13.7. The fraction of sp³-hybridized carbons (Fsp3) is 0.684. The van der Waals surface area contributed by atoms with Crippen LogP contribution in [-0.2, 0) is 9.53 Å². The van der Waals surface area contributed by atoms with Crippen LogP contribution >= 0.6 is 11.3 Å². The highest BCUT2D eigenvalue weighted by molar-refractivity contribution is 7.08. The summed E-state index contributed by atoms with van der Waals surface area (Å²) in [6.45, 7) is 2.99. The van der Waals surface area contributed by atoms with Crippen molar-refractivity contribution in [1.29, 1.82) is 0 Å². The number of thiophene rings is 1. The number of hydrogen-bond donors (Lipinski definition) is 2. The zero-order valence-electron chi connectivity index (χ0n) is 15.9. The molecule has 10 heteroatoms. The van der Waals surface area contributed by atoms with Crippen LogP contribution in [0.3, 0.4) is 0 Å². The molecule has 2 atom stereocenters. The van der Waals surface area contributed by atoms with E-state index in [0.29, 0.717) is 0 Å². The van der Waals surface area contributed by atoms with Gasteiger partial charge in [-0.1, -0.05) is 6.42 Å². The number of carbonyl (C=O) groups excluding carboxylic acids is 1. The summed E-state index contributed by atoms with van der Waals surface area (Å²) in [5.41, 5.74) is 0.772. The van der Waals surface area contributed by atoms with E-state index in [2.05, 4.69) is 10.2 Å². The van der Waals surface area contributed by atoms with Gasteiger partial charge in [-0.3, -0.25) is 9.69 Å². The maximum atomic E-state index is 12.2. The van der Waals surface area contributed by atoms with Crippen LogP contribution in [0.15, 0.2) is 16.8 Å². The van der Waals surface area contributed by atoms with Gasteiger partial charge in [0.25, 0.3) is 5.91 Å². The zero-order valence-corrected chi connectivity index (χ0v) is 16.7. The Morgan fingerprint density at radius 1 is 1.31 bits per heavy atom. The van der Waals surface area contributed by atoms with Gasteiger partial charge in [0, 0.05) is 42.7 Å². The quantitative estimate of drug-likeness (QED) is 0.763. The highest BCUT2D eigenvalue weighted by Gasteiger charge is 2.45. The third-order valence-electron chi connectivity index (χ3n) is 5.79. The Balaban J connectivity index is 0.000000298. The standard InChI is InChI=1S/C17H24N2O2S.C2HF3O2/c20-16(13-5-9-22-11-13)18-14-4-8-21-17(10-14)6-7-19(12-17)15-2-1-3-15;3-2(4,5)1(6)7/h5,9,11,14-15H,1-4,6-8,10,12H2,(H,18,20);(H,6,7)/t14-,17-;/m1./s1. The van der Waals surface area contributed by atoms with Crippen molar-refractivity contribution in [2.24, 2.45) is 0 Å². The smallest absolute Gasteiger partial charge is 0.475 e. The maximum absolute atomic E-state index is 12.2. The van der Waals surface area contributed by atoms with Crippen molar-refractivity contribution in [2.45, 2.75) is 62.4 Å². The number of carbonyl (C=O) groups is 2. The summed E-state index contributed by atoms with van der Waals surface area (Å²) in [5, 5.41) is 14.2. The predicted octanol–water partition coefficient (Wildman–Crippen LogP) is 3.29. The molecule has 1 aliphatic carbocycles. The van der Waals surface area contributed by atoms with E-state index in [0.717, 1.165) is 50.6 Å². The van der Waals surface area contributed by atoms with Crippen molar-refractivity contribution >= 4 is 23.2 Å². The third-order valence-corrected chi connectivity index (χ3v) is 6.47. The molecule has 29 heavy (non-hydrogen) atoms. The van der Waals surface area contributed by atoms with Gasteiger partial charge in [0.05, 0.1) is 5.60 Å². The summed E-state index contributed by atoms with van der Waals surface area (Å²) in [6.07, 6.45) is 2.03. The number of rotatable bonds is 3. The topological polar surface area (TPSA) is 78.9 Å². The molecule has 1 amide bonds. The lowest BCUT2D eigenvalue weighted by Gasteiger charge is -2.40. The molecule has 2 N–H and O–H groups in total. The van der Waals surface area contributed by atoms with Gasteiger partial charge in [-0.2, -0.15) is 24.5 Å². The van der Waals surface area contributed by atoms with E-state index in [4.69, 9.17) is 14.6 Å². The van der Waals surface area contributed by atoms with Crippen molar-refractivity contribution in [2.75, 3.05) is 19.7 Å². The number of nitrogens with zero attached hydrogens (tertiary/aromatic N) is 1. The second-order valence-electron chi connectivity index (χ2n) is 7.81. The molecule has 1 spiro atoms. The van der Waals surface area contributed by atoms with Gasteiger partial charge in [-0.15, -0.1) is 0 Å². The first-order valence-corrected chi connectivity index (χ1v) is 10.6. The minimum absolute atomic E-state index is 0.0135. The molecule has 1 saturated carbocycles. The molecule has 162 valence electrons. The molecule has 1 aromatic rings. The monoisotopic (exact) mass is 434 g/mol. The fourth-order valence-electron chi connectivity index (χ4n) is 4.04. The molecule has 0 bridgehead atoms. The van der Waals surface area contributed by atoms with Crippen molar-refractivity contribution in [3.05, 3.63) is 22.4 Å². The number of amides is 1. The van der Waals surface area contributed by atoms with E-state index >= 15 is 0 Å². The number of aliphatic carboxylic acids is 1. The molecule has 4 rings (SSSR count). The number of hydrogen-bond acceptors (Lipinski definition) is 5. The number of likely N-dealkylation sites (tertiary alicyclic amines) is 1. The highest BCUT2D eigenvalue weighted by Crippen LogP contribution is 2.38. The minimum atomic E-state index is -5.08. The highest BCUT2D eigenvalue weighted by atomic mass is 32.1. The molecule has 6 nitrogen and oxygen atoms in total. The normalized spacial score (nSPS) is 27.8. The average Bonchev–Trinajstić information content (AvgIpc) is 3.24. The van der Waals surface area contributed by atoms with E-state index in [9.17, 15) is 18.0 Å². The van der Waals surface area contributed by atoms with Crippen molar-refractivity contribution < 1.29 is 32.6 Å². The average molecular weight is 434 g/mol.